The number of amidine groups is 1. The number of aliphatic imine (C=N–C) groups is 2. The maximum absolute atomic E-state index is 11.6. The van der Waals surface area contributed by atoms with E-state index in [1.807, 2.05) is 38.3 Å². The smallest absolute Gasteiger partial charge is 0.406 e. The second-order valence-corrected chi connectivity index (χ2v) is 5.70. The van der Waals surface area contributed by atoms with Gasteiger partial charge in [-0.25, -0.2) is 4.99 Å². The van der Waals surface area contributed by atoms with Crippen LogP contribution in [0.25, 0.3) is 0 Å². The van der Waals surface area contributed by atoms with Crippen LogP contribution in [0.4, 0.5) is 18.9 Å². The summed E-state index contributed by atoms with van der Waals surface area (Å²) in [7, 11) is 1.74. The van der Waals surface area contributed by atoms with Crippen molar-refractivity contribution in [2.45, 2.75) is 33.6 Å². The van der Waals surface area contributed by atoms with Crippen LogP contribution in [0.2, 0.25) is 0 Å². The molecule has 146 valence electrons. The van der Waals surface area contributed by atoms with Gasteiger partial charge in [0, 0.05) is 24.5 Å². The minimum atomic E-state index is -4.60. The highest BCUT2D eigenvalue weighted by molar-refractivity contribution is 6.03. The number of aryl methyl sites for hydroxylation is 2. The zero-order valence-electron chi connectivity index (χ0n) is 15.8. The first-order chi connectivity index (χ1) is 12.7. The molecule has 0 saturated carbocycles. The summed E-state index contributed by atoms with van der Waals surface area (Å²) in [6, 6.07) is 11.5. The first kappa shape index (κ1) is 22.2. The molecule has 0 aromatic heterocycles. The van der Waals surface area contributed by atoms with Gasteiger partial charge in [0.2, 0.25) is 0 Å². The van der Waals surface area contributed by atoms with Crippen molar-refractivity contribution in [3.8, 4) is 5.75 Å². The molecule has 0 aliphatic heterocycles. The Hall–Kier alpha value is -2.83. The third-order valence-corrected chi connectivity index (χ3v) is 3.39. The molecule has 0 fully saturated rings. The van der Waals surface area contributed by atoms with Crippen LogP contribution < -0.4 is 10.5 Å². The molecular weight excluding hydrogens is 355 g/mol. The van der Waals surface area contributed by atoms with Crippen LogP contribution >= 0.6 is 0 Å². The lowest BCUT2D eigenvalue weighted by atomic mass is 10.1. The van der Waals surface area contributed by atoms with Crippen LogP contribution in [0.3, 0.4) is 0 Å². The standard InChI is InChI=1S/C12H17N3.C8H7F3O/c1-4-7-15-12(14-3)10-5-6-11(13)9(2)8-10;1-6-2-4-7(5-3-6)12-8(9,10)11/h5-8H,4,13H2,1-3H3;2-5H,1H3. The highest BCUT2D eigenvalue weighted by atomic mass is 19.4. The van der Waals surface area contributed by atoms with Gasteiger partial charge in [-0.15, -0.1) is 13.2 Å². The van der Waals surface area contributed by atoms with E-state index in [-0.39, 0.29) is 5.75 Å². The number of alkyl halides is 3. The lowest BCUT2D eigenvalue weighted by Gasteiger charge is -2.08. The normalized spacial score (nSPS) is 11.9. The van der Waals surface area contributed by atoms with Crippen LogP contribution in [0.1, 0.15) is 30.0 Å². The molecule has 27 heavy (non-hydrogen) atoms. The first-order valence-electron chi connectivity index (χ1n) is 8.34. The molecule has 7 heteroatoms. The SMILES string of the molecule is CCC=NC(=NC)c1ccc(N)c(C)c1.Cc1ccc(OC(F)(F)F)cc1. The predicted octanol–water partition coefficient (Wildman–Crippen LogP) is 5.33. The number of rotatable bonds is 3. The van der Waals surface area contributed by atoms with E-state index in [0.717, 1.165) is 34.6 Å². The number of hydrogen-bond donors (Lipinski definition) is 1. The second-order valence-electron chi connectivity index (χ2n) is 5.70. The Morgan fingerprint density at radius 3 is 2.22 bits per heavy atom. The molecule has 0 amide bonds. The lowest BCUT2D eigenvalue weighted by Crippen LogP contribution is -2.16. The molecule has 0 bridgehead atoms. The van der Waals surface area contributed by atoms with E-state index in [1.165, 1.54) is 12.1 Å². The monoisotopic (exact) mass is 379 g/mol. The summed E-state index contributed by atoms with van der Waals surface area (Å²) in [6.07, 6.45) is -1.84. The quantitative estimate of drug-likeness (QED) is 0.445. The maximum atomic E-state index is 11.6. The van der Waals surface area contributed by atoms with Crippen LogP contribution in [0.15, 0.2) is 52.4 Å². The van der Waals surface area contributed by atoms with Crippen molar-refractivity contribution in [2.75, 3.05) is 12.8 Å². The van der Waals surface area contributed by atoms with Crippen molar-refractivity contribution in [1.29, 1.82) is 0 Å². The lowest BCUT2D eigenvalue weighted by molar-refractivity contribution is -0.274. The number of halogens is 3. The third-order valence-electron chi connectivity index (χ3n) is 3.39. The molecule has 2 N–H and O–H groups in total. The van der Waals surface area contributed by atoms with E-state index in [9.17, 15) is 13.2 Å². The minimum Gasteiger partial charge on any atom is -0.406 e. The Morgan fingerprint density at radius 2 is 1.74 bits per heavy atom. The maximum Gasteiger partial charge on any atom is 0.573 e. The fourth-order valence-corrected chi connectivity index (χ4v) is 1.99. The second kappa shape index (κ2) is 10.4. The molecule has 4 nitrogen and oxygen atoms in total. The van der Waals surface area contributed by atoms with Gasteiger partial charge in [0.1, 0.15) is 5.75 Å². The summed E-state index contributed by atoms with van der Waals surface area (Å²) < 4.78 is 38.5. The number of anilines is 1. The Kier molecular flexibility index (Phi) is 8.51. The molecule has 0 aliphatic rings. The fourth-order valence-electron chi connectivity index (χ4n) is 1.99. The van der Waals surface area contributed by atoms with Gasteiger partial charge in [0.15, 0.2) is 5.84 Å². The van der Waals surface area contributed by atoms with Crippen LogP contribution in [-0.4, -0.2) is 25.5 Å². The number of nitrogen functional groups attached to an aromatic ring is 1. The summed E-state index contributed by atoms with van der Waals surface area (Å²) in [5, 5.41) is 0. The Morgan fingerprint density at radius 1 is 1.11 bits per heavy atom. The zero-order valence-corrected chi connectivity index (χ0v) is 15.8. The fraction of sp³-hybridized carbons (Fsp3) is 0.300. The van der Waals surface area contributed by atoms with Crippen LogP contribution in [0, 0.1) is 13.8 Å². The van der Waals surface area contributed by atoms with Gasteiger partial charge in [0.25, 0.3) is 0 Å². The Labute approximate surface area is 157 Å². The highest BCUT2D eigenvalue weighted by Crippen LogP contribution is 2.22. The molecule has 0 atom stereocenters. The van der Waals surface area contributed by atoms with E-state index < -0.39 is 6.36 Å². The van der Waals surface area contributed by atoms with Crippen molar-refractivity contribution >= 4 is 17.7 Å². The molecule has 2 rings (SSSR count). The third kappa shape index (κ3) is 8.40. The highest BCUT2D eigenvalue weighted by Gasteiger charge is 2.30. The van der Waals surface area contributed by atoms with Gasteiger partial charge < -0.3 is 10.5 Å². The van der Waals surface area contributed by atoms with E-state index in [2.05, 4.69) is 14.7 Å². The predicted molar refractivity (Wildman–Crippen MR) is 105 cm³/mol. The zero-order chi connectivity index (χ0) is 20.4. The number of hydrogen-bond acceptors (Lipinski definition) is 3. The molecule has 0 aliphatic carbocycles. The minimum absolute atomic E-state index is 0.187. The molecule has 2 aromatic carbocycles. The van der Waals surface area contributed by atoms with Crippen molar-refractivity contribution in [3.63, 3.8) is 0 Å². The number of ether oxygens (including phenoxy) is 1. The summed E-state index contributed by atoms with van der Waals surface area (Å²) in [5.41, 5.74) is 9.51. The molecule has 0 heterocycles. The van der Waals surface area contributed by atoms with Gasteiger partial charge in [0.05, 0.1) is 0 Å². The van der Waals surface area contributed by atoms with E-state index in [1.54, 1.807) is 26.1 Å². The average molecular weight is 379 g/mol. The summed E-state index contributed by atoms with van der Waals surface area (Å²) >= 11 is 0. The van der Waals surface area contributed by atoms with Crippen molar-refractivity contribution in [3.05, 3.63) is 59.2 Å². The first-order valence-corrected chi connectivity index (χ1v) is 8.34. The largest absolute Gasteiger partial charge is 0.573 e. The van der Waals surface area contributed by atoms with Crippen molar-refractivity contribution in [2.24, 2.45) is 9.98 Å². The van der Waals surface area contributed by atoms with Crippen LogP contribution in [0.5, 0.6) is 5.75 Å². The Bertz CT molecular complexity index is 782. The average Bonchev–Trinajstić information content (AvgIpc) is 2.60. The molecule has 0 spiro atoms. The number of nitrogens with two attached hydrogens (primary N) is 1. The number of benzene rings is 2. The summed E-state index contributed by atoms with van der Waals surface area (Å²) in [5.74, 6) is 0.563. The Balaban J connectivity index is 0.000000277. The molecule has 0 saturated heterocycles. The summed E-state index contributed by atoms with van der Waals surface area (Å²) in [4.78, 5) is 8.43. The molecule has 0 radical (unpaired) electrons. The van der Waals surface area contributed by atoms with E-state index in [0.29, 0.717) is 0 Å². The van der Waals surface area contributed by atoms with Crippen LogP contribution in [-0.2, 0) is 0 Å². The molecule has 2 aromatic rings. The molecular formula is C20H24F3N3O. The number of nitrogens with zero attached hydrogens (tertiary/aromatic N) is 2. The molecule has 0 unspecified atom stereocenters. The topological polar surface area (TPSA) is 60.0 Å². The summed E-state index contributed by atoms with van der Waals surface area (Å²) in [6.45, 7) is 5.82. The van der Waals surface area contributed by atoms with E-state index >= 15 is 0 Å². The van der Waals surface area contributed by atoms with E-state index in [4.69, 9.17) is 5.73 Å². The van der Waals surface area contributed by atoms with Crippen molar-refractivity contribution < 1.29 is 17.9 Å². The van der Waals surface area contributed by atoms with Crippen molar-refractivity contribution in [1.82, 2.24) is 0 Å². The van der Waals surface area contributed by atoms with Gasteiger partial charge in [-0.2, -0.15) is 0 Å². The van der Waals surface area contributed by atoms with Gasteiger partial charge in [-0.3, -0.25) is 4.99 Å². The van der Waals surface area contributed by atoms with Gasteiger partial charge in [-0.1, -0.05) is 24.6 Å². The van der Waals surface area contributed by atoms with Gasteiger partial charge in [-0.05, 0) is 56.2 Å². The van der Waals surface area contributed by atoms with Gasteiger partial charge >= 0.3 is 6.36 Å².